The van der Waals surface area contributed by atoms with Gasteiger partial charge >= 0.3 is 0 Å². The van der Waals surface area contributed by atoms with Gasteiger partial charge in [-0.25, -0.2) is 12.8 Å². The van der Waals surface area contributed by atoms with Gasteiger partial charge in [0.2, 0.25) is 0 Å². The summed E-state index contributed by atoms with van der Waals surface area (Å²) >= 11 is 0. The zero-order valence-corrected chi connectivity index (χ0v) is 16.4. The highest BCUT2D eigenvalue weighted by Crippen LogP contribution is 2.23. The standard InChI is InChI=1S/C21H24FNO3S/c1-15(2)17-5-3-16(4-6-17)13-23(20-11-12-27(25,26)14-20)21(24)18-7-9-19(22)10-8-18/h3-10,15,20H,11-14H2,1-2H3/t20-/m1/s1. The predicted octanol–water partition coefficient (Wildman–Crippen LogP) is 3.78. The van der Waals surface area contributed by atoms with Gasteiger partial charge in [0.15, 0.2) is 9.84 Å². The summed E-state index contributed by atoms with van der Waals surface area (Å²) in [5.74, 6) is -0.201. The van der Waals surface area contributed by atoms with Crippen molar-refractivity contribution in [3.63, 3.8) is 0 Å². The molecule has 1 heterocycles. The van der Waals surface area contributed by atoms with Crippen LogP contribution in [-0.2, 0) is 16.4 Å². The topological polar surface area (TPSA) is 54.5 Å². The summed E-state index contributed by atoms with van der Waals surface area (Å²) in [5, 5.41) is 0. The second kappa shape index (κ2) is 7.80. The molecule has 2 aromatic rings. The number of hydrogen-bond acceptors (Lipinski definition) is 3. The Labute approximate surface area is 159 Å². The van der Waals surface area contributed by atoms with Crippen LogP contribution in [0.3, 0.4) is 0 Å². The molecule has 3 rings (SSSR count). The molecule has 6 heteroatoms. The third kappa shape index (κ3) is 4.75. The third-order valence-electron chi connectivity index (χ3n) is 5.00. The van der Waals surface area contributed by atoms with Crippen LogP contribution in [0.25, 0.3) is 0 Å². The minimum atomic E-state index is -3.13. The number of halogens is 1. The van der Waals surface area contributed by atoms with Gasteiger partial charge in [-0.2, -0.15) is 0 Å². The fourth-order valence-corrected chi connectivity index (χ4v) is 5.08. The average Bonchev–Trinajstić information content (AvgIpc) is 2.99. The van der Waals surface area contributed by atoms with E-state index in [-0.39, 0.29) is 23.5 Å². The maximum absolute atomic E-state index is 13.2. The van der Waals surface area contributed by atoms with E-state index in [4.69, 9.17) is 0 Å². The number of rotatable bonds is 5. The molecule has 1 atom stereocenters. The summed E-state index contributed by atoms with van der Waals surface area (Å²) in [4.78, 5) is 14.7. The predicted molar refractivity (Wildman–Crippen MR) is 104 cm³/mol. The van der Waals surface area contributed by atoms with Crippen LogP contribution in [0.4, 0.5) is 4.39 Å². The minimum Gasteiger partial charge on any atom is -0.330 e. The molecule has 1 amide bonds. The summed E-state index contributed by atoms with van der Waals surface area (Å²) in [7, 11) is -3.13. The molecule has 1 aliphatic rings. The van der Waals surface area contributed by atoms with Crippen molar-refractivity contribution in [2.45, 2.75) is 38.8 Å². The Morgan fingerprint density at radius 3 is 2.26 bits per heavy atom. The van der Waals surface area contributed by atoms with Gasteiger partial charge in [-0.15, -0.1) is 0 Å². The molecule has 0 unspecified atom stereocenters. The lowest BCUT2D eigenvalue weighted by Crippen LogP contribution is -2.40. The number of nitrogens with zero attached hydrogens (tertiary/aromatic N) is 1. The zero-order valence-electron chi connectivity index (χ0n) is 15.6. The lowest BCUT2D eigenvalue weighted by molar-refractivity contribution is 0.0681. The van der Waals surface area contributed by atoms with Crippen molar-refractivity contribution in [2.75, 3.05) is 11.5 Å². The van der Waals surface area contributed by atoms with E-state index in [0.717, 1.165) is 5.56 Å². The van der Waals surface area contributed by atoms with Crippen molar-refractivity contribution >= 4 is 15.7 Å². The van der Waals surface area contributed by atoms with Crippen molar-refractivity contribution < 1.29 is 17.6 Å². The fraction of sp³-hybridized carbons (Fsp3) is 0.381. The number of amides is 1. The molecule has 27 heavy (non-hydrogen) atoms. The number of carbonyl (C=O) groups excluding carboxylic acids is 1. The van der Waals surface area contributed by atoms with E-state index in [1.165, 1.54) is 29.8 Å². The van der Waals surface area contributed by atoms with Gasteiger partial charge in [0.05, 0.1) is 11.5 Å². The third-order valence-corrected chi connectivity index (χ3v) is 6.75. The highest BCUT2D eigenvalue weighted by Gasteiger charge is 2.35. The van der Waals surface area contributed by atoms with Crippen LogP contribution in [0.2, 0.25) is 0 Å². The first kappa shape index (κ1) is 19.5. The molecule has 0 spiro atoms. The van der Waals surface area contributed by atoms with Crippen LogP contribution in [0.1, 0.15) is 47.7 Å². The van der Waals surface area contributed by atoms with E-state index in [0.29, 0.717) is 24.4 Å². The first-order valence-corrected chi connectivity index (χ1v) is 10.9. The van der Waals surface area contributed by atoms with Crippen LogP contribution < -0.4 is 0 Å². The molecular formula is C21H24FNO3S. The van der Waals surface area contributed by atoms with Gasteiger partial charge in [0.1, 0.15) is 5.82 Å². The smallest absolute Gasteiger partial charge is 0.254 e. The first-order chi connectivity index (χ1) is 12.7. The Morgan fingerprint density at radius 2 is 1.74 bits per heavy atom. The Kier molecular flexibility index (Phi) is 5.65. The summed E-state index contributed by atoms with van der Waals surface area (Å²) in [6, 6.07) is 13.0. The number of carbonyl (C=O) groups is 1. The Hall–Kier alpha value is -2.21. The van der Waals surface area contributed by atoms with E-state index in [2.05, 4.69) is 13.8 Å². The van der Waals surface area contributed by atoms with Crippen LogP contribution in [0, 0.1) is 5.82 Å². The van der Waals surface area contributed by atoms with E-state index in [1.807, 2.05) is 24.3 Å². The molecule has 0 saturated carbocycles. The molecule has 0 bridgehead atoms. The van der Waals surface area contributed by atoms with Crippen molar-refractivity contribution in [3.05, 3.63) is 71.0 Å². The molecule has 0 N–H and O–H groups in total. The van der Waals surface area contributed by atoms with Crippen molar-refractivity contribution in [1.82, 2.24) is 4.90 Å². The SMILES string of the molecule is CC(C)c1ccc(CN(C(=O)c2ccc(F)cc2)[C@@H]2CCS(=O)(=O)C2)cc1. The Bertz CT molecular complexity index is 905. The Morgan fingerprint density at radius 1 is 1.11 bits per heavy atom. The molecular weight excluding hydrogens is 365 g/mol. The molecule has 1 fully saturated rings. The van der Waals surface area contributed by atoms with Gasteiger partial charge < -0.3 is 4.90 Å². The number of hydrogen-bond donors (Lipinski definition) is 0. The van der Waals surface area contributed by atoms with Crippen LogP contribution in [0.5, 0.6) is 0 Å². The van der Waals surface area contributed by atoms with Gasteiger partial charge in [-0.1, -0.05) is 38.1 Å². The van der Waals surface area contributed by atoms with Gasteiger partial charge in [0.25, 0.3) is 5.91 Å². The lowest BCUT2D eigenvalue weighted by Gasteiger charge is -2.28. The molecule has 0 radical (unpaired) electrons. The highest BCUT2D eigenvalue weighted by atomic mass is 32.2. The normalized spacial score (nSPS) is 18.6. The van der Waals surface area contributed by atoms with Gasteiger partial charge in [0, 0.05) is 18.2 Å². The molecule has 2 aromatic carbocycles. The van der Waals surface area contributed by atoms with Crippen molar-refractivity contribution in [2.24, 2.45) is 0 Å². The zero-order chi connectivity index (χ0) is 19.6. The molecule has 144 valence electrons. The monoisotopic (exact) mass is 389 g/mol. The maximum Gasteiger partial charge on any atom is 0.254 e. The largest absolute Gasteiger partial charge is 0.330 e. The van der Waals surface area contributed by atoms with Gasteiger partial charge in [-0.3, -0.25) is 4.79 Å². The molecule has 1 aliphatic heterocycles. The van der Waals surface area contributed by atoms with Crippen LogP contribution >= 0.6 is 0 Å². The fourth-order valence-electron chi connectivity index (χ4n) is 3.35. The van der Waals surface area contributed by atoms with E-state index in [9.17, 15) is 17.6 Å². The number of sulfone groups is 1. The lowest BCUT2D eigenvalue weighted by atomic mass is 10.0. The Balaban J connectivity index is 1.87. The first-order valence-electron chi connectivity index (χ1n) is 9.11. The molecule has 4 nitrogen and oxygen atoms in total. The average molecular weight is 389 g/mol. The summed E-state index contributed by atoms with van der Waals surface area (Å²) in [6.07, 6.45) is 0.430. The van der Waals surface area contributed by atoms with E-state index in [1.54, 1.807) is 4.90 Å². The van der Waals surface area contributed by atoms with Crippen molar-refractivity contribution in [3.8, 4) is 0 Å². The van der Waals surface area contributed by atoms with Gasteiger partial charge in [-0.05, 0) is 47.7 Å². The summed E-state index contributed by atoms with van der Waals surface area (Å²) in [5.41, 5.74) is 2.51. The minimum absolute atomic E-state index is 0.0238. The molecule has 0 aliphatic carbocycles. The quantitative estimate of drug-likeness (QED) is 0.782. The molecule has 1 saturated heterocycles. The number of benzene rings is 2. The van der Waals surface area contributed by atoms with Crippen LogP contribution in [0.15, 0.2) is 48.5 Å². The maximum atomic E-state index is 13.2. The highest BCUT2D eigenvalue weighted by molar-refractivity contribution is 7.91. The second-order valence-corrected chi connectivity index (χ2v) is 9.62. The second-order valence-electron chi connectivity index (χ2n) is 7.39. The van der Waals surface area contributed by atoms with E-state index < -0.39 is 15.7 Å². The summed E-state index contributed by atoms with van der Waals surface area (Å²) < 4.78 is 37.1. The van der Waals surface area contributed by atoms with E-state index >= 15 is 0 Å². The summed E-state index contributed by atoms with van der Waals surface area (Å²) in [6.45, 7) is 4.56. The molecule has 0 aromatic heterocycles. The van der Waals surface area contributed by atoms with Crippen molar-refractivity contribution in [1.29, 1.82) is 0 Å². The van der Waals surface area contributed by atoms with Crippen LogP contribution in [-0.4, -0.2) is 36.8 Å².